The van der Waals surface area contributed by atoms with Gasteiger partial charge >= 0.3 is 0 Å². The van der Waals surface area contributed by atoms with E-state index in [1.54, 1.807) is 19.1 Å². The highest BCUT2D eigenvalue weighted by Crippen LogP contribution is 2.23. The molecule has 1 N–H and O–H groups in total. The second kappa shape index (κ2) is 8.31. The molecule has 0 unspecified atom stereocenters. The molecule has 0 spiro atoms. The van der Waals surface area contributed by atoms with Gasteiger partial charge in [0.15, 0.2) is 0 Å². The quantitative estimate of drug-likeness (QED) is 0.783. The van der Waals surface area contributed by atoms with E-state index in [2.05, 4.69) is 5.32 Å². The summed E-state index contributed by atoms with van der Waals surface area (Å²) < 4.78 is 31.6. The lowest BCUT2D eigenvalue weighted by atomic mass is 10.2. The van der Waals surface area contributed by atoms with Gasteiger partial charge in [0.05, 0.1) is 18.0 Å². The minimum atomic E-state index is -3.71. The molecular weight excluding hydrogens is 316 g/mol. The Bertz CT molecular complexity index is 643. The zero-order chi connectivity index (χ0) is 17.6. The molecule has 1 rings (SSSR count). The van der Waals surface area contributed by atoms with Crippen molar-refractivity contribution in [2.75, 3.05) is 20.2 Å². The maximum atomic E-state index is 12.5. The molecule has 1 aromatic carbocycles. The molecule has 130 valence electrons. The molecule has 0 bridgehead atoms. The first kappa shape index (κ1) is 19.4. The Morgan fingerprint density at radius 1 is 1.35 bits per heavy atom. The fourth-order valence-electron chi connectivity index (χ4n) is 1.99. The molecule has 0 saturated carbocycles. The molecule has 0 aromatic heterocycles. The van der Waals surface area contributed by atoms with Crippen LogP contribution in [-0.2, 0) is 14.8 Å². The van der Waals surface area contributed by atoms with E-state index < -0.39 is 10.0 Å². The van der Waals surface area contributed by atoms with Crippen LogP contribution in [0.15, 0.2) is 23.1 Å². The van der Waals surface area contributed by atoms with Gasteiger partial charge in [0.1, 0.15) is 5.75 Å². The Morgan fingerprint density at radius 2 is 2.00 bits per heavy atom. The van der Waals surface area contributed by atoms with Crippen LogP contribution in [0.2, 0.25) is 0 Å². The number of hydrogen-bond donors (Lipinski definition) is 1. The maximum Gasteiger partial charge on any atom is 0.243 e. The van der Waals surface area contributed by atoms with Crippen molar-refractivity contribution in [3.05, 3.63) is 23.8 Å². The second-order valence-corrected chi connectivity index (χ2v) is 7.54. The summed E-state index contributed by atoms with van der Waals surface area (Å²) in [6.07, 6.45) is 0.792. The van der Waals surface area contributed by atoms with Crippen molar-refractivity contribution in [2.45, 2.75) is 45.1 Å². The number of amides is 1. The van der Waals surface area contributed by atoms with Crippen LogP contribution in [0.5, 0.6) is 5.75 Å². The smallest absolute Gasteiger partial charge is 0.243 e. The number of ether oxygens (including phenoxy) is 1. The zero-order valence-corrected chi connectivity index (χ0v) is 15.2. The first-order valence-electron chi connectivity index (χ1n) is 7.71. The summed E-state index contributed by atoms with van der Waals surface area (Å²) in [6, 6.07) is 4.71. The topological polar surface area (TPSA) is 75.7 Å². The molecule has 6 nitrogen and oxygen atoms in total. The number of sulfonamides is 1. The van der Waals surface area contributed by atoms with Crippen LogP contribution >= 0.6 is 0 Å². The molecule has 1 aromatic rings. The fourth-order valence-corrected chi connectivity index (χ4v) is 3.20. The highest BCUT2D eigenvalue weighted by Gasteiger charge is 2.24. The summed E-state index contributed by atoms with van der Waals surface area (Å²) >= 11 is 0. The van der Waals surface area contributed by atoms with Crippen LogP contribution in [0.25, 0.3) is 0 Å². The van der Waals surface area contributed by atoms with Crippen LogP contribution in [0.3, 0.4) is 0 Å². The first-order chi connectivity index (χ1) is 10.7. The Hall–Kier alpha value is -1.60. The van der Waals surface area contributed by atoms with E-state index in [1.165, 1.54) is 13.1 Å². The van der Waals surface area contributed by atoms with Crippen molar-refractivity contribution in [2.24, 2.45) is 0 Å². The van der Waals surface area contributed by atoms with Crippen LogP contribution in [0.1, 0.15) is 32.8 Å². The van der Waals surface area contributed by atoms with Gasteiger partial charge in [-0.15, -0.1) is 0 Å². The maximum absolute atomic E-state index is 12.5. The van der Waals surface area contributed by atoms with Gasteiger partial charge in [-0.3, -0.25) is 4.79 Å². The minimum Gasteiger partial charge on any atom is -0.494 e. The monoisotopic (exact) mass is 342 g/mol. The minimum absolute atomic E-state index is 0.0197. The number of nitrogens with zero attached hydrogens (tertiary/aromatic N) is 1. The fraction of sp³-hybridized carbons (Fsp3) is 0.562. The Morgan fingerprint density at radius 3 is 2.52 bits per heavy atom. The van der Waals surface area contributed by atoms with Gasteiger partial charge in [-0.2, -0.15) is 4.31 Å². The second-order valence-electron chi connectivity index (χ2n) is 5.50. The highest BCUT2D eigenvalue weighted by molar-refractivity contribution is 7.89. The van der Waals surface area contributed by atoms with Crippen molar-refractivity contribution in [1.82, 2.24) is 9.62 Å². The number of carbonyl (C=O) groups is 1. The van der Waals surface area contributed by atoms with Gasteiger partial charge in [0.2, 0.25) is 15.9 Å². The van der Waals surface area contributed by atoms with Gasteiger partial charge < -0.3 is 10.1 Å². The summed E-state index contributed by atoms with van der Waals surface area (Å²) in [5.41, 5.74) is 0.741. The molecule has 0 aliphatic rings. The molecule has 0 saturated heterocycles. The molecule has 0 fully saturated rings. The van der Waals surface area contributed by atoms with Gasteiger partial charge in [-0.1, -0.05) is 6.92 Å². The van der Waals surface area contributed by atoms with E-state index in [4.69, 9.17) is 4.74 Å². The largest absolute Gasteiger partial charge is 0.494 e. The SMILES string of the molecule is CCOc1ccc(S(=O)(=O)N(C)CC(=O)N[C@H](C)CC)cc1C. The normalized spacial score (nSPS) is 13.0. The van der Waals surface area contributed by atoms with Gasteiger partial charge in [-0.25, -0.2) is 8.42 Å². The lowest BCUT2D eigenvalue weighted by Gasteiger charge is -2.19. The summed E-state index contributed by atoms with van der Waals surface area (Å²) in [7, 11) is -2.31. The molecule has 0 heterocycles. The van der Waals surface area contributed by atoms with Crippen molar-refractivity contribution < 1.29 is 17.9 Å². The number of hydrogen-bond acceptors (Lipinski definition) is 4. The lowest BCUT2D eigenvalue weighted by molar-refractivity contribution is -0.121. The van der Waals surface area contributed by atoms with Crippen LogP contribution in [0, 0.1) is 6.92 Å². The first-order valence-corrected chi connectivity index (χ1v) is 9.15. The molecule has 23 heavy (non-hydrogen) atoms. The average molecular weight is 342 g/mol. The van der Waals surface area contributed by atoms with Crippen LogP contribution < -0.4 is 10.1 Å². The zero-order valence-electron chi connectivity index (χ0n) is 14.4. The average Bonchev–Trinajstić information content (AvgIpc) is 2.48. The third kappa shape index (κ3) is 5.21. The third-order valence-corrected chi connectivity index (χ3v) is 5.34. The highest BCUT2D eigenvalue weighted by atomic mass is 32.2. The van der Waals surface area contributed by atoms with Crippen molar-refractivity contribution in [1.29, 1.82) is 0 Å². The number of rotatable bonds is 8. The molecule has 0 aliphatic heterocycles. The number of nitrogens with one attached hydrogen (secondary N) is 1. The Balaban J connectivity index is 2.89. The molecular formula is C16H26N2O4S. The molecule has 7 heteroatoms. The predicted molar refractivity (Wildman–Crippen MR) is 90.1 cm³/mol. The Kier molecular flexibility index (Phi) is 7.02. The van der Waals surface area contributed by atoms with Gasteiger partial charge in [0, 0.05) is 13.1 Å². The van der Waals surface area contributed by atoms with Gasteiger partial charge in [0.25, 0.3) is 0 Å². The summed E-state index contributed by atoms with van der Waals surface area (Å²) in [5, 5.41) is 2.76. The predicted octanol–water partition coefficient (Wildman–Crippen LogP) is 1.93. The van der Waals surface area contributed by atoms with Gasteiger partial charge in [-0.05, 0) is 51.0 Å². The van der Waals surface area contributed by atoms with E-state index in [-0.39, 0.29) is 23.4 Å². The number of aryl methyl sites for hydroxylation is 1. The van der Waals surface area contributed by atoms with Crippen molar-refractivity contribution in [3.8, 4) is 5.75 Å². The lowest BCUT2D eigenvalue weighted by Crippen LogP contribution is -2.41. The van der Waals surface area contributed by atoms with Crippen LogP contribution in [-0.4, -0.2) is 44.9 Å². The van der Waals surface area contributed by atoms with Crippen molar-refractivity contribution in [3.63, 3.8) is 0 Å². The summed E-state index contributed by atoms with van der Waals surface area (Å²) in [4.78, 5) is 12.0. The molecule has 1 atom stereocenters. The van der Waals surface area contributed by atoms with E-state index in [1.807, 2.05) is 20.8 Å². The van der Waals surface area contributed by atoms with E-state index in [9.17, 15) is 13.2 Å². The van der Waals surface area contributed by atoms with Crippen molar-refractivity contribution >= 4 is 15.9 Å². The Labute approximate surface area is 138 Å². The molecule has 1 amide bonds. The van der Waals surface area contributed by atoms with Crippen LogP contribution in [0.4, 0.5) is 0 Å². The summed E-state index contributed by atoms with van der Waals surface area (Å²) in [5.74, 6) is 0.344. The van der Waals surface area contributed by atoms with E-state index >= 15 is 0 Å². The third-order valence-electron chi connectivity index (χ3n) is 3.54. The number of likely N-dealkylation sites (N-methyl/N-ethyl adjacent to an activating group) is 1. The van der Waals surface area contributed by atoms with E-state index in [0.717, 1.165) is 16.3 Å². The molecule has 0 radical (unpaired) electrons. The molecule has 0 aliphatic carbocycles. The number of benzene rings is 1. The standard InChI is InChI=1S/C16H26N2O4S/c1-6-13(4)17-16(19)11-18(5)23(20,21)14-8-9-15(22-7-2)12(3)10-14/h8-10,13H,6-7,11H2,1-5H3,(H,17,19)/t13-/m1/s1. The summed E-state index contributed by atoms with van der Waals surface area (Å²) in [6.45, 7) is 7.80. The van der Waals surface area contributed by atoms with E-state index in [0.29, 0.717) is 12.4 Å². The number of carbonyl (C=O) groups excluding carboxylic acids is 1.